The molecule has 0 spiro atoms. The molecule has 7 heteroatoms. The summed E-state index contributed by atoms with van der Waals surface area (Å²) in [5.41, 5.74) is 0.440. The first-order chi connectivity index (χ1) is 9.21. The molecule has 0 bridgehead atoms. The summed E-state index contributed by atoms with van der Waals surface area (Å²) in [5.74, 6) is -1.45. The van der Waals surface area contributed by atoms with E-state index in [1.54, 1.807) is 24.3 Å². The van der Waals surface area contributed by atoms with Gasteiger partial charge >= 0.3 is 5.97 Å². The lowest BCUT2D eigenvalue weighted by Gasteiger charge is -2.16. The summed E-state index contributed by atoms with van der Waals surface area (Å²) >= 11 is 5.91. The fourth-order valence-electron chi connectivity index (χ4n) is 1.75. The predicted molar refractivity (Wildman–Crippen MR) is 78.1 cm³/mol. The maximum atomic E-state index is 12.0. The number of aliphatic carboxylic acids is 1. The first-order valence-corrected chi connectivity index (χ1v) is 8.20. The molecule has 0 saturated heterocycles. The van der Waals surface area contributed by atoms with Gasteiger partial charge in [-0.15, -0.1) is 0 Å². The van der Waals surface area contributed by atoms with Crippen molar-refractivity contribution in [3.63, 3.8) is 0 Å². The quantitative estimate of drug-likeness (QED) is 0.807. The molecule has 0 fully saturated rings. The molecule has 20 heavy (non-hydrogen) atoms. The Morgan fingerprint density at radius 1 is 1.35 bits per heavy atom. The SMILES string of the molecule is CC(C)CC(NS(=O)(=O)Cc1ccccc1Cl)C(=O)O. The van der Waals surface area contributed by atoms with Crippen molar-refractivity contribution in [1.29, 1.82) is 0 Å². The zero-order valence-electron chi connectivity index (χ0n) is 11.3. The molecule has 0 aliphatic rings. The van der Waals surface area contributed by atoms with E-state index in [4.69, 9.17) is 16.7 Å². The van der Waals surface area contributed by atoms with Crippen molar-refractivity contribution in [2.45, 2.75) is 32.1 Å². The minimum absolute atomic E-state index is 0.0686. The van der Waals surface area contributed by atoms with Crippen molar-refractivity contribution < 1.29 is 18.3 Å². The molecule has 0 radical (unpaired) electrons. The third-order valence-corrected chi connectivity index (χ3v) is 4.33. The summed E-state index contributed by atoms with van der Waals surface area (Å²) in [5, 5.41) is 9.39. The van der Waals surface area contributed by atoms with Crippen LogP contribution in [-0.4, -0.2) is 25.5 Å². The van der Waals surface area contributed by atoms with Crippen LogP contribution in [0.5, 0.6) is 0 Å². The average molecular weight is 320 g/mol. The lowest BCUT2D eigenvalue weighted by Crippen LogP contribution is -2.42. The van der Waals surface area contributed by atoms with Gasteiger partial charge in [-0.2, -0.15) is 0 Å². The van der Waals surface area contributed by atoms with Gasteiger partial charge in [-0.05, 0) is 24.0 Å². The number of carbonyl (C=O) groups is 1. The maximum absolute atomic E-state index is 12.0. The van der Waals surface area contributed by atoms with E-state index < -0.39 is 22.0 Å². The van der Waals surface area contributed by atoms with E-state index in [0.29, 0.717) is 10.6 Å². The van der Waals surface area contributed by atoms with Gasteiger partial charge in [-0.25, -0.2) is 13.1 Å². The number of halogens is 1. The lowest BCUT2D eigenvalue weighted by atomic mass is 10.1. The molecule has 0 saturated carbocycles. The minimum Gasteiger partial charge on any atom is -0.480 e. The Hall–Kier alpha value is -1.11. The van der Waals surface area contributed by atoms with Crippen LogP contribution in [0.4, 0.5) is 0 Å². The van der Waals surface area contributed by atoms with Crippen molar-refractivity contribution in [2.24, 2.45) is 5.92 Å². The van der Waals surface area contributed by atoms with E-state index in [0.717, 1.165) is 0 Å². The van der Waals surface area contributed by atoms with Gasteiger partial charge in [0, 0.05) is 5.02 Å². The van der Waals surface area contributed by atoms with Crippen LogP contribution in [0.3, 0.4) is 0 Å². The summed E-state index contributed by atoms with van der Waals surface area (Å²) in [6.45, 7) is 3.66. The van der Waals surface area contributed by atoms with E-state index in [-0.39, 0.29) is 18.1 Å². The molecule has 0 aromatic heterocycles. The monoisotopic (exact) mass is 319 g/mol. The smallest absolute Gasteiger partial charge is 0.321 e. The first kappa shape index (κ1) is 16.9. The number of hydrogen-bond acceptors (Lipinski definition) is 3. The maximum Gasteiger partial charge on any atom is 0.321 e. The molecule has 112 valence electrons. The molecule has 1 atom stereocenters. The molecule has 1 aromatic rings. The third kappa shape index (κ3) is 5.48. The summed E-state index contributed by atoms with van der Waals surface area (Å²) in [4.78, 5) is 11.1. The highest BCUT2D eigenvalue weighted by atomic mass is 35.5. The normalized spacial score (nSPS) is 13.4. The predicted octanol–water partition coefficient (Wildman–Crippen LogP) is 2.26. The molecule has 2 N–H and O–H groups in total. The summed E-state index contributed by atoms with van der Waals surface area (Å²) in [7, 11) is -3.76. The Morgan fingerprint density at radius 3 is 2.45 bits per heavy atom. The van der Waals surface area contributed by atoms with Crippen molar-refractivity contribution >= 4 is 27.6 Å². The van der Waals surface area contributed by atoms with Gasteiger partial charge < -0.3 is 5.11 Å². The zero-order valence-corrected chi connectivity index (χ0v) is 12.9. The fraction of sp³-hybridized carbons (Fsp3) is 0.462. The topological polar surface area (TPSA) is 83.5 Å². The zero-order chi connectivity index (χ0) is 15.3. The number of carboxylic acids is 1. The fourth-order valence-corrected chi connectivity index (χ4v) is 3.41. The second kappa shape index (κ2) is 7.06. The highest BCUT2D eigenvalue weighted by molar-refractivity contribution is 7.88. The van der Waals surface area contributed by atoms with Crippen LogP contribution >= 0.6 is 11.6 Å². The number of benzene rings is 1. The van der Waals surface area contributed by atoms with Crippen molar-refractivity contribution in [2.75, 3.05) is 0 Å². The molecule has 0 aliphatic carbocycles. The van der Waals surface area contributed by atoms with Gasteiger partial charge in [0.25, 0.3) is 0 Å². The number of hydrogen-bond donors (Lipinski definition) is 2. The first-order valence-electron chi connectivity index (χ1n) is 6.17. The van der Waals surface area contributed by atoms with Gasteiger partial charge in [0.2, 0.25) is 10.0 Å². The summed E-state index contributed by atoms with van der Waals surface area (Å²) < 4.78 is 26.2. The Labute approximate surface area is 124 Å². The van der Waals surface area contributed by atoms with Crippen LogP contribution in [-0.2, 0) is 20.6 Å². The van der Waals surface area contributed by atoms with E-state index in [1.807, 2.05) is 13.8 Å². The van der Waals surface area contributed by atoms with Crippen LogP contribution in [0.25, 0.3) is 0 Å². The van der Waals surface area contributed by atoms with Crippen LogP contribution < -0.4 is 4.72 Å². The van der Waals surface area contributed by atoms with Crippen LogP contribution in [0.1, 0.15) is 25.8 Å². The van der Waals surface area contributed by atoms with Crippen molar-refractivity contribution in [3.8, 4) is 0 Å². The van der Waals surface area contributed by atoms with Crippen molar-refractivity contribution in [1.82, 2.24) is 4.72 Å². The van der Waals surface area contributed by atoms with Gasteiger partial charge in [0.05, 0.1) is 5.75 Å². The molecule has 1 rings (SSSR count). The van der Waals surface area contributed by atoms with E-state index in [1.165, 1.54) is 0 Å². The van der Waals surface area contributed by atoms with Gasteiger partial charge in [0.15, 0.2) is 0 Å². The Kier molecular flexibility index (Phi) is 5.98. The minimum atomic E-state index is -3.76. The van der Waals surface area contributed by atoms with E-state index in [9.17, 15) is 13.2 Å². The number of carboxylic acid groups (broad SMARTS) is 1. The van der Waals surface area contributed by atoms with Gasteiger partial charge in [-0.3, -0.25) is 4.79 Å². The summed E-state index contributed by atoms with van der Waals surface area (Å²) in [6.07, 6.45) is 0.233. The molecule has 1 unspecified atom stereocenters. The van der Waals surface area contributed by atoms with Gasteiger partial charge in [-0.1, -0.05) is 43.6 Å². The second-order valence-corrected chi connectivity index (χ2v) is 7.15. The molecular formula is C13H18ClNO4S. The van der Waals surface area contributed by atoms with E-state index in [2.05, 4.69) is 4.72 Å². The largest absolute Gasteiger partial charge is 0.480 e. The highest BCUT2D eigenvalue weighted by Gasteiger charge is 2.25. The van der Waals surface area contributed by atoms with Crippen LogP contribution in [0, 0.1) is 5.92 Å². The second-order valence-electron chi connectivity index (χ2n) is 4.99. The molecule has 0 heterocycles. The lowest BCUT2D eigenvalue weighted by molar-refractivity contribution is -0.139. The molecule has 0 amide bonds. The molecule has 1 aromatic carbocycles. The van der Waals surface area contributed by atoms with Crippen LogP contribution in [0.15, 0.2) is 24.3 Å². The van der Waals surface area contributed by atoms with Crippen LogP contribution in [0.2, 0.25) is 5.02 Å². The standard InChI is InChI=1S/C13H18ClNO4S/c1-9(2)7-12(13(16)17)15-20(18,19)8-10-5-3-4-6-11(10)14/h3-6,9,12,15H,7-8H2,1-2H3,(H,16,17). The Bertz CT molecular complexity index is 571. The number of sulfonamides is 1. The third-order valence-electron chi connectivity index (χ3n) is 2.63. The highest BCUT2D eigenvalue weighted by Crippen LogP contribution is 2.18. The molecule has 5 nitrogen and oxygen atoms in total. The molecular weight excluding hydrogens is 302 g/mol. The van der Waals surface area contributed by atoms with Gasteiger partial charge in [0.1, 0.15) is 6.04 Å². The number of nitrogens with one attached hydrogen (secondary N) is 1. The Morgan fingerprint density at radius 2 is 1.95 bits per heavy atom. The molecule has 0 aliphatic heterocycles. The average Bonchev–Trinajstić information content (AvgIpc) is 2.30. The Balaban J connectivity index is 2.83. The number of rotatable bonds is 7. The summed E-state index contributed by atoms with van der Waals surface area (Å²) in [6, 6.07) is 5.45. The van der Waals surface area contributed by atoms with E-state index >= 15 is 0 Å². The van der Waals surface area contributed by atoms with Crippen molar-refractivity contribution in [3.05, 3.63) is 34.9 Å².